The highest BCUT2D eigenvalue weighted by Gasteiger charge is 2.28. The van der Waals surface area contributed by atoms with E-state index in [1.807, 2.05) is 24.4 Å². The number of fused-ring (bicyclic) bond motifs is 1. The number of aromatic hydroxyl groups is 1. The van der Waals surface area contributed by atoms with Gasteiger partial charge in [-0.15, -0.1) is 0 Å². The van der Waals surface area contributed by atoms with E-state index in [0.717, 1.165) is 32.0 Å². The van der Waals surface area contributed by atoms with Crippen molar-refractivity contribution in [1.82, 2.24) is 20.2 Å². The molecule has 1 amide bonds. The SMILES string of the molecule is CCC(=Nc1ccc(N2CCN(C)CC2)nc1)c1c(O)[nH]c2ccc(C(=O)NCC(F)(F)F)cc12. The van der Waals surface area contributed by atoms with E-state index in [-0.39, 0.29) is 11.4 Å². The fourth-order valence-electron chi connectivity index (χ4n) is 4.03. The Morgan fingerprint density at radius 2 is 1.94 bits per heavy atom. The third-order valence-corrected chi connectivity index (χ3v) is 5.94. The number of amides is 1. The first-order valence-electron chi connectivity index (χ1n) is 11.3. The van der Waals surface area contributed by atoms with Crippen molar-refractivity contribution in [2.24, 2.45) is 4.99 Å². The fraction of sp³-hybridized carbons (Fsp3) is 0.375. The lowest BCUT2D eigenvalue weighted by Crippen LogP contribution is -2.44. The van der Waals surface area contributed by atoms with E-state index in [1.165, 1.54) is 12.1 Å². The van der Waals surface area contributed by atoms with Gasteiger partial charge in [-0.25, -0.2) is 4.98 Å². The molecule has 3 N–H and O–H groups in total. The lowest BCUT2D eigenvalue weighted by Gasteiger charge is -2.33. The molecule has 8 nitrogen and oxygen atoms in total. The zero-order chi connectivity index (χ0) is 25.2. The first-order chi connectivity index (χ1) is 16.6. The number of aromatic amines is 1. The molecule has 4 rings (SSSR count). The molecule has 0 atom stereocenters. The molecule has 3 aromatic rings. The van der Waals surface area contributed by atoms with Crippen molar-refractivity contribution in [3.63, 3.8) is 0 Å². The predicted octanol–water partition coefficient (Wildman–Crippen LogP) is 3.84. The van der Waals surface area contributed by atoms with Crippen LogP contribution in [0.1, 0.15) is 29.3 Å². The fourth-order valence-corrected chi connectivity index (χ4v) is 4.03. The summed E-state index contributed by atoms with van der Waals surface area (Å²) in [6.07, 6.45) is -2.37. The van der Waals surface area contributed by atoms with Gasteiger partial charge in [-0.2, -0.15) is 13.2 Å². The van der Waals surface area contributed by atoms with Crippen LogP contribution in [0.5, 0.6) is 5.88 Å². The van der Waals surface area contributed by atoms with Gasteiger partial charge in [0.2, 0.25) is 0 Å². The van der Waals surface area contributed by atoms with E-state index < -0.39 is 18.6 Å². The number of carbonyl (C=O) groups excluding carboxylic acids is 1. The van der Waals surface area contributed by atoms with Crippen LogP contribution >= 0.6 is 0 Å². The van der Waals surface area contributed by atoms with Crippen LogP contribution < -0.4 is 10.2 Å². The summed E-state index contributed by atoms with van der Waals surface area (Å²) in [6.45, 7) is 4.19. The van der Waals surface area contributed by atoms with E-state index in [9.17, 15) is 23.1 Å². The van der Waals surface area contributed by atoms with Gasteiger partial charge in [-0.05, 0) is 43.8 Å². The lowest BCUT2D eigenvalue weighted by molar-refractivity contribution is -0.123. The van der Waals surface area contributed by atoms with E-state index in [2.05, 4.69) is 31.8 Å². The highest BCUT2D eigenvalue weighted by Crippen LogP contribution is 2.31. The maximum atomic E-state index is 12.5. The molecule has 1 aliphatic heterocycles. The number of halogens is 3. The number of nitrogens with zero attached hydrogens (tertiary/aromatic N) is 4. The van der Waals surface area contributed by atoms with E-state index >= 15 is 0 Å². The van der Waals surface area contributed by atoms with Gasteiger partial charge in [0.1, 0.15) is 12.4 Å². The Kier molecular flexibility index (Phi) is 6.97. The van der Waals surface area contributed by atoms with Crippen LogP contribution in [0.4, 0.5) is 24.7 Å². The molecular weight excluding hydrogens is 461 g/mol. The van der Waals surface area contributed by atoms with E-state index in [1.54, 1.807) is 12.3 Å². The largest absolute Gasteiger partial charge is 0.494 e. The van der Waals surface area contributed by atoms with Gasteiger partial charge in [0.25, 0.3) is 5.91 Å². The Morgan fingerprint density at radius 1 is 1.20 bits per heavy atom. The summed E-state index contributed by atoms with van der Waals surface area (Å²) in [7, 11) is 2.09. The molecule has 0 saturated carbocycles. The Hall–Kier alpha value is -3.60. The van der Waals surface area contributed by atoms with Crippen molar-refractivity contribution in [2.45, 2.75) is 19.5 Å². The van der Waals surface area contributed by atoms with Crippen LogP contribution in [0.2, 0.25) is 0 Å². The zero-order valence-electron chi connectivity index (χ0n) is 19.5. The summed E-state index contributed by atoms with van der Waals surface area (Å²) >= 11 is 0. The smallest absolute Gasteiger partial charge is 0.405 e. The van der Waals surface area contributed by atoms with Crippen molar-refractivity contribution < 1.29 is 23.1 Å². The quantitative estimate of drug-likeness (QED) is 0.458. The summed E-state index contributed by atoms with van der Waals surface area (Å²) in [4.78, 5) is 28.8. The molecule has 35 heavy (non-hydrogen) atoms. The number of likely N-dealkylation sites (N-methyl/N-ethyl adjacent to an activating group) is 1. The predicted molar refractivity (Wildman–Crippen MR) is 129 cm³/mol. The maximum Gasteiger partial charge on any atom is 0.405 e. The minimum atomic E-state index is -4.51. The molecule has 1 aromatic carbocycles. The first kappa shape index (κ1) is 24.5. The molecule has 3 heterocycles. The van der Waals surface area contributed by atoms with Gasteiger partial charge >= 0.3 is 6.18 Å². The molecule has 1 aliphatic rings. The molecule has 11 heteroatoms. The second-order valence-corrected chi connectivity index (χ2v) is 8.48. The molecule has 0 bridgehead atoms. The summed E-state index contributed by atoms with van der Waals surface area (Å²) in [6, 6.07) is 8.17. The topological polar surface area (TPSA) is 96.8 Å². The monoisotopic (exact) mass is 488 g/mol. The second kappa shape index (κ2) is 9.95. The summed E-state index contributed by atoms with van der Waals surface area (Å²) < 4.78 is 37.4. The van der Waals surface area contributed by atoms with Gasteiger partial charge in [0.05, 0.1) is 23.2 Å². The third kappa shape index (κ3) is 5.73. The minimum absolute atomic E-state index is 0.0515. The van der Waals surface area contributed by atoms with Gasteiger partial charge < -0.3 is 25.2 Å². The molecule has 1 fully saturated rings. The molecule has 0 spiro atoms. The normalized spacial score (nSPS) is 15.6. The number of aromatic nitrogens is 2. The van der Waals surface area contributed by atoms with Gasteiger partial charge in [-0.1, -0.05) is 6.92 Å². The minimum Gasteiger partial charge on any atom is -0.494 e. The molecule has 2 aromatic heterocycles. The number of hydrogen-bond donors (Lipinski definition) is 3. The number of aliphatic imine (C=N–C) groups is 1. The highest BCUT2D eigenvalue weighted by atomic mass is 19.4. The Bertz CT molecular complexity index is 1230. The number of piperazine rings is 1. The number of hydrogen-bond acceptors (Lipinski definition) is 6. The number of benzene rings is 1. The highest BCUT2D eigenvalue weighted by molar-refractivity contribution is 6.14. The van der Waals surface area contributed by atoms with Crippen LogP contribution in [0, 0.1) is 0 Å². The molecular formula is C24H27F3N6O2. The first-order valence-corrected chi connectivity index (χ1v) is 11.3. The van der Waals surface area contributed by atoms with Crippen molar-refractivity contribution in [2.75, 3.05) is 44.7 Å². The summed E-state index contributed by atoms with van der Waals surface area (Å²) in [5, 5.41) is 12.9. The Morgan fingerprint density at radius 3 is 2.57 bits per heavy atom. The van der Waals surface area contributed by atoms with Gasteiger partial charge in [0, 0.05) is 42.6 Å². The number of carbonyl (C=O) groups is 1. The van der Waals surface area contributed by atoms with Crippen LogP contribution in [-0.2, 0) is 0 Å². The van der Waals surface area contributed by atoms with Crippen LogP contribution in [0.15, 0.2) is 41.5 Å². The Balaban J connectivity index is 1.61. The van der Waals surface area contributed by atoms with Crippen LogP contribution in [-0.4, -0.2) is 77.5 Å². The average Bonchev–Trinajstić information content (AvgIpc) is 3.16. The second-order valence-electron chi connectivity index (χ2n) is 8.48. The zero-order valence-corrected chi connectivity index (χ0v) is 19.5. The van der Waals surface area contributed by atoms with Crippen molar-refractivity contribution in [1.29, 1.82) is 0 Å². The van der Waals surface area contributed by atoms with Crippen LogP contribution in [0.25, 0.3) is 10.9 Å². The average molecular weight is 489 g/mol. The maximum absolute atomic E-state index is 12.5. The van der Waals surface area contributed by atoms with Crippen molar-refractivity contribution in [3.8, 4) is 5.88 Å². The summed E-state index contributed by atoms with van der Waals surface area (Å²) in [5.74, 6) is -0.107. The number of H-pyrrole nitrogens is 1. The number of pyridine rings is 1. The molecule has 0 aliphatic carbocycles. The molecule has 0 unspecified atom stereocenters. The van der Waals surface area contributed by atoms with Crippen molar-refractivity contribution >= 4 is 34.0 Å². The number of alkyl halides is 3. The van der Waals surface area contributed by atoms with Gasteiger partial charge in [0.15, 0.2) is 5.88 Å². The number of rotatable bonds is 6. The van der Waals surface area contributed by atoms with Gasteiger partial charge in [-0.3, -0.25) is 9.79 Å². The molecule has 186 valence electrons. The standard InChI is InChI=1S/C24H27F3N6O2/c1-3-18(30-16-5-7-20(28-13-16)33-10-8-32(2)9-11-33)21-17-12-15(4-6-19(17)31-23(21)35)22(34)29-14-24(25,26)27/h4-7,12-13,31,35H,3,8-11,14H2,1-2H3,(H,29,34). The van der Waals surface area contributed by atoms with Crippen LogP contribution in [0.3, 0.4) is 0 Å². The molecule has 0 radical (unpaired) electrons. The van der Waals surface area contributed by atoms with E-state index in [4.69, 9.17) is 0 Å². The number of nitrogens with one attached hydrogen (secondary N) is 2. The van der Waals surface area contributed by atoms with Crippen molar-refractivity contribution in [3.05, 3.63) is 47.7 Å². The Labute approximate surface area is 200 Å². The lowest BCUT2D eigenvalue weighted by atomic mass is 10.0. The summed E-state index contributed by atoms with van der Waals surface area (Å²) in [5.41, 5.74) is 2.14. The third-order valence-electron chi connectivity index (χ3n) is 5.94. The van der Waals surface area contributed by atoms with E-state index in [0.29, 0.717) is 34.3 Å². The molecule has 1 saturated heterocycles. The number of anilines is 1.